The van der Waals surface area contributed by atoms with E-state index >= 15 is 0 Å². The van der Waals surface area contributed by atoms with Crippen molar-refractivity contribution in [1.29, 1.82) is 0 Å². The molecule has 1 nitrogen and oxygen atoms in total. The van der Waals surface area contributed by atoms with Gasteiger partial charge < -0.3 is 0 Å². The van der Waals surface area contributed by atoms with Crippen LogP contribution in [0.4, 0.5) is 0 Å². The van der Waals surface area contributed by atoms with Crippen LogP contribution >= 0.6 is 0 Å². The van der Waals surface area contributed by atoms with Crippen molar-refractivity contribution < 1.29 is 0 Å². The zero-order valence-corrected chi connectivity index (χ0v) is 17.2. The topological polar surface area (TPSA) is 12.4 Å². The minimum Gasteiger partial charge on any atom is -0.106 e. The first-order valence-corrected chi connectivity index (χ1v) is 8.35. The fourth-order valence-electron chi connectivity index (χ4n) is 0.953. The van der Waals surface area contributed by atoms with Gasteiger partial charge in [0.1, 0.15) is 0 Å². The van der Waals surface area contributed by atoms with Crippen LogP contribution in [-0.4, -0.2) is 7.07 Å². The summed E-state index contributed by atoms with van der Waals surface area (Å²) in [4.78, 5) is 3.70. The minimum atomic E-state index is 1.28. The SMILES string of the molecule is C#CC#CC#CC#CC#CC#CC#CC#CB=NC#CC#CC#CC#CC#CC#CC#CC#C. The molecule has 0 aromatic rings. The van der Waals surface area contributed by atoms with Crippen molar-refractivity contribution in [3.05, 3.63) is 0 Å². The van der Waals surface area contributed by atoms with E-state index < -0.39 is 0 Å². The predicted molar refractivity (Wildman–Crippen MR) is 135 cm³/mol. The summed E-state index contributed by atoms with van der Waals surface area (Å²) in [7, 11) is 1.28. The smallest absolute Gasteiger partial charge is 0.106 e. The van der Waals surface area contributed by atoms with Gasteiger partial charge in [0.2, 0.25) is 0 Å². The molecule has 0 aromatic heterocycles. The van der Waals surface area contributed by atoms with Crippen LogP contribution in [0.1, 0.15) is 0 Å². The van der Waals surface area contributed by atoms with Gasteiger partial charge in [0.15, 0.2) is 0 Å². The van der Waals surface area contributed by atoms with E-state index in [2.05, 4.69) is 183 Å². The van der Waals surface area contributed by atoms with Crippen molar-refractivity contribution in [2.45, 2.75) is 0 Å². The van der Waals surface area contributed by atoms with Crippen LogP contribution in [0.15, 0.2) is 4.90 Å². The van der Waals surface area contributed by atoms with E-state index in [1.165, 1.54) is 7.07 Å². The molecule has 138 valence electrons. The van der Waals surface area contributed by atoms with Crippen LogP contribution in [0.5, 0.6) is 0 Å². The Kier molecular flexibility index (Phi) is 20.4. The second kappa shape index (κ2) is 25.8. The molecule has 0 aromatic carbocycles. The van der Waals surface area contributed by atoms with Crippen LogP contribution in [0.3, 0.4) is 0 Å². The van der Waals surface area contributed by atoms with Gasteiger partial charge in [-0.2, -0.15) is 0 Å². The maximum atomic E-state index is 4.92. The zero-order chi connectivity index (χ0) is 24.6. The molecule has 0 atom stereocenters. The van der Waals surface area contributed by atoms with Crippen LogP contribution < -0.4 is 0 Å². The molecule has 0 bridgehead atoms. The third-order valence-electron chi connectivity index (χ3n) is 1.97. The van der Waals surface area contributed by atoms with Crippen LogP contribution in [0, 0.1) is 190 Å². The molecule has 0 radical (unpaired) electrons. The van der Waals surface area contributed by atoms with Gasteiger partial charge in [-0.1, -0.05) is 0 Å². The minimum absolute atomic E-state index is 1.28. The molecule has 0 saturated carbocycles. The molecule has 0 aliphatic carbocycles. The Morgan fingerprint density at radius 1 is 0.324 bits per heavy atom. The van der Waals surface area contributed by atoms with Gasteiger partial charge in [0, 0.05) is 0 Å². The van der Waals surface area contributed by atoms with E-state index in [0.717, 1.165) is 0 Å². The molecule has 2 heteroatoms. The Morgan fingerprint density at radius 3 is 0.912 bits per heavy atom. The normalized spacial score (nSPS) is 4.29. The molecule has 0 amide bonds. The number of hydrogen-bond acceptors (Lipinski definition) is 1. The first-order chi connectivity index (χ1) is 16.9. The summed E-state index contributed by atoms with van der Waals surface area (Å²) >= 11 is 0. The molecule has 0 saturated heterocycles. The average molecular weight is 411 g/mol. The van der Waals surface area contributed by atoms with E-state index in [-0.39, 0.29) is 0 Å². The van der Waals surface area contributed by atoms with Gasteiger partial charge in [-0.15, -0.1) is 12.8 Å². The van der Waals surface area contributed by atoms with Gasteiger partial charge in [-0.05, 0) is 41.4 Å². The van der Waals surface area contributed by atoms with Crippen molar-refractivity contribution in [2.24, 2.45) is 4.90 Å². The molecule has 0 fully saturated rings. The number of terminal acetylenes is 2. The Balaban J connectivity index is 4.44. The summed E-state index contributed by atoms with van der Waals surface area (Å²) in [6.07, 6.45) is 9.85. The van der Waals surface area contributed by atoms with Crippen LogP contribution in [0.2, 0.25) is 0 Å². The molecule has 0 spiro atoms. The van der Waals surface area contributed by atoms with E-state index in [4.69, 9.17) is 12.8 Å². The Hall–Kier alpha value is -7.18. The summed E-state index contributed by atoms with van der Waals surface area (Å²) in [6.45, 7) is 0. The summed E-state index contributed by atoms with van der Waals surface area (Å²) in [5, 5.41) is 0. The van der Waals surface area contributed by atoms with E-state index in [0.29, 0.717) is 0 Å². The molecular weight excluding hydrogens is 409 g/mol. The van der Waals surface area contributed by atoms with Gasteiger partial charge in [0.25, 0.3) is 0 Å². The Morgan fingerprint density at radius 2 is 0.588 bits per heavy atom. The van der Waals surface area contributed by atoms with Gasteiger partial charge >= 0.3 is 148 Å². The van der Waals surface area contributed by atoms with Crippen molar-refractivity contribution in [2.75, 3.05) is 0 Å². The quantitative estimate of drug-likeness (QED) is 0.397. The van der Waals surface area contributed by atoms with Crippen molar-refractivity contribution in [3.63, 3.8) is 0 Å². The van der Waals surface area contributed by atoms with Crippen molar-refractivity contribution in [3.8, 4) is 190 Å². The number of nitrogens with zero attached hydrogens (tertiary/aromatic N) is 1. The fraction of sp³-hybridized carbons (Fsp3) is 0. The van der Waals surface area contributed by atoms with Crippen LogP contribution in [0.25, 0.3) is 0 Å². The van der Waals surface area contributed by atoms with Gasteiger partial charge in [-0.25, -0.2) is 0 Å². The number of rotatable bonds is 0. The summed E-state index contributed by atoms with van der Waals surface area (Å²) in [5.74, 6) is 70.8. The first-order valence-electron chi connectivity index (χ1n) is 8.35. The maximum absolute atomic E-state index is 4.92. The molecule has 0 rings (SSSR count). The molecule has 34 heavy (non-hydrogen) atoms. The Bertz CT molecular complexity index is 1700. The molecule has 0 unspecified atom stereocenters. The monoisotopic (exact) mass is 411 g/mol. The second-order valence-electron chi connectivity index (χ2n) is 4.05. The third-order valence-corrected chi connectivity index (χ3v) is 1.97. The van der Waals surface area contributed by atoms with Crippen molar-refractivity contribution in [1.82, 2.24) is 0 Å². The van der Waals surface area contributed by atoms with Gasteiger partial charge in [-0.3, -0.25) is 0 Å². The molecule has 0 aliphatic heterocycles. The first kappa shape index (κ1) is 26.8. The van der Waals surface area contributed by atoms with Gasteiger partial charge in [0.05, 0.1) is 0 Å². The fourth-order valence-corrected chi connectivity index (χ4v) is 0.953. The third kappa shape index (κ3) is 24.8. The standard InChI is InChI=1S/C32H2BN/c1-3-5-7-9-11-13-15-17-19-21-23-25-27-29-31-33-34-32-30-28-26-24-22-20-18-16-14-12-10-8-6-4-2/h1-2H. The molecule has 0 heterocycles. The molecule has 0 aliphatic rings. The Labute approximate surface area is 202 Å². The average Bonchev–Trinajstić information content (AvgIpc) is 2.85. The number of hydrogen-bond donors (Lipinski definition) is 0. The second-order valence-corrected chi connectivity index (χ2v) is 4.05. The zero-order valence-electron chi connectivity index (χ0n) is 17.2. The predicted octanol–water partition coefficient (Wildman–Crippen LogP) is 0.103. The summed E-state index contributed by atoms with van der Waals surface area (Å²) < 4.78 is 0. The van der Waals surface area contributed by atoms with Crippen molar-refractivity contribution >= 4 is 7.07 Å². The van der Waals surface area contributed by atoms with E-state index in [9.17, 15) is 0 Å². The summed E-state index contributed by atoms with van der Waals surface area (Å²) in [5.41, 5.74) is 0. The van der Waals surface area contributed by atoms with Crippen LogP contribution in [-0.2, 0) is 0 Å². The van der Waals surface area contributed by atoms with E-state index in [1.807, 2.05) is 0 Å². The molecular formula is C32H2BN. The molecule has 0 N–H and O–H groups in total. The summed E-state index contributed by atoms with van der Waals surface area (Å²) in [6, 6.07) is 2.42. The van der Waals surface area contributed by atoms with E-state index in [1.54, 1.807) is 0 Å².